The standard InChI is InChI=1S/C21H32O6/c1-2-23-13-24-19(22)11-14-4-3-5-20(12-14)25-21(27-26-20)17-7-15-6-16(9-17)10-18(21)8-15/h14-18H,2-13H2,1H3/t14-,15?,16?,17?,18?,20+,21?/m0/s1. The summed E-state index contributed by atoms with van der Waals surface area (Å²) in [6.45, 7) is 2.47. The van der Waals surface area contributed by atoms with Crippen LogP contribution < -0.4 is 0 Å². The maximum absolute atomic E-state index is 12.1. The molecule has 0 N–H and O–H groups in total. The largest absolute Gasteiger partial charge is 0.438 e. The Labute approximate surface area is 161 Å². The fourth-order valence-electron chi connectivity index (χ4n) is 6.74. The van der Waals surface area contributed by atoms with E-state index in [4.69, 9.17) is 24.0 Å². The van der Waals surface area contributed by atoms with Crippen LogP contribution in [0.5, 0.6) is 0 Å². The van der Waals surface area contributed by atoms with Gasteiger partial charge >= 0.3 is 5.97 Å². The number of rotatable bonds is 5. The lowest BCUT2D eigenvalue weighted by Crippen LogP contribution is -2.59. The van der Waals surface area contributed by atoms with Crippen molar-refractivity contribution in [2.75, 3.05) is 13.4 Å². The van der Waals surface area contributed by atoms with E-state index in [2.05, 4.69) is 0 Å². The van der Waals surface area contributed by atoms with Crippen LogP contribution in [0.3, 0.4) is 0 Å². The Hall–Kier alpha value is -0.690. The minimum absolute atomic E-state index is 0.0398. The zero-order chi connectivity index (χ0) is 18.5. The van der Waals surface area contributed by atoms with Crippen molar-refractivity contribution in [3.8, 4) is 0 Å². The smallest absolute Gasteiger partial charge is 0.308 e. The first-order valence-electron chi connectivity index (χ1n) is 10.9. The molecule has 1 aliphatic heterocycles. The van der Waals surface area contributed by atoms with Crippen LogP contribution in [0.25, 0.3) is 0 Å². The molecule has 2 atom stereocenters. The average Bonchev–Trinajstić information content (AvgIpc) is 2.99. The summed E-state index contributed by atoms with van der Waals surface area (Å²) in [6.07, 6.45) is 10.2. The lowest BCUT2D eigenvalue weighted by atomic mass is 9.53. The van der Waals surface area contributed by atoms with Crippen LogP contribution in [0.15, 0.2) is 0 Å². The number of hydrogen-bond acceptors (Lipinski definition) is 6. The monoisotopic (exact) mass is 380 g/mol. The third kappa shape index (κ3) is 3.22. The van der Waals surface area contributed by atoms with E-state index in [0.29, 0.717) is 31.3 Å². The molecule has 6 aliphatic rings. The fraction of sp³-hybridized carbons (Fsp3) is 0.952. The molecule has 6 fully saturated rings. The third-order valence-electron chi connectivity index (χ3n) is 7.68. The van der Waals surface area contributed by atoms with Gasteiger partial charge in [-0.15, -0.1) is 0 Å². The second kappa shape index (κ2) is 6.97. The van der Waals surface area contributed by atoms with Crippen molar-refractivity contribution in [2.24, 2.45) is 29.6 Å². The molecular formula is C21H32O6. The van der Waals surface area contributed by atoms with E-state index in [1.165, 1.54) is 32.1 Å². The highest BCUT2D eigenvalue weighted by Crippen LogP contribution is 2.64. The van der Waals surface area contributed by atoms with E-state index >= 15 is 0 Å². The van der Waals surface area contributed by atoms with Gasteiger partial charge in [0.05, 0.1) is 0 Å². The van der Waals surface area contributed by atoms with Crippen molar-refractivity contribution in [1.82, 2.24) is 0 Å². The van der Waals surface area contributed by atoms with Crippen LogP contribution in [0.1, 0.15) is 71.1 Å². The number of hydrogen-bond donors (Lipinski definition) is 0. The summed E-state index contributed by atoms with van der Waals surface area (Å²) < 4.78 is 17.0. The first-order valence-corrected chi connectivity index (χ1v) is 10.9. The van der Waals surface area contributed by atoms with E-state index in [0.717, 1.165) is 31.1 Å². The molecule has 2 spiro atoms. The third-order valence-corrected chi connectivity index (χ3v) is 7.68. The van der Waals surface area contributed by atoms with Gasteiger partial charge in [0.15, 0.2) is 6.79 Å². The van der Waals surface area contributed by atoms with Gasteiger partial charge in [0, 0.05) is 37.7 Å². The predicted molar refractivity (Wildman–Crippen MR) is 94.9 cm³/mol. The van der Waals surface area contributed by atoms with E-state index in [1.807, 2.05) is 6.92 Å². The Morgan fingerprint density at radius 3 is 2.52 bits per heavy atom. The van der Waals surface area contributed by atoms with E-state index < -0.39 is 11.6 Å². The van der Waals surface area contributed by atoms with Gasteiger partial charge in [-0.2, -0.15) is 9.78 Å². The number of carbonyl (C=O) groups excluding carboxylic acids is 1. The maximum Gasteiger partial charge on any atom is 0.308 e. The van der Waals surface area contributed by atoms with Crippen LogP contribution in [0.2, 0.25) is 0 Å². The molecule has 0 aromatic rings. The van der Waals surface area contributed by atoms with Crippen molar-refractivity contribution in [1.29, 1.82) is 0 Å². The van der Waals surface area contributed by atoms with Crippen molar-refractivity contribution in [2.45, 2.75) is 82.7 Å². The number of ether oxygens (including phenoxy) is 3. The van der Waals surface area contributed by atoms with Crippen molar-refractivity contribution < 1.29 is 28.8 Å². The highest BCUT2D eigenvalue weighted by atomic mass is 17.3. The average molecular weight is 380 g/mol. The highest BCUT2D eigenvalue weighted by Gasteiger charge is 2.66. The summed E-state index contributed by atoms with van der Waals surface area (Å²) in [4.78, 5) is 24.1. The summed E-state index contributed by atoms with van der Waals surface area (Å²) >= 11 is 0. The Kier molecular flexibility index (Phi) is 4.74. The van der Waals surface area contributed by atoms with Crippen molar-refractivity contribution in [3.63, 3.8) is 0 Å². The molecule has 0 amide bonds. The lowest BCUT2D eigenvalue weighted by molar-refractivity contribution is -0.390. The lowest BCUT2D eigenvalue weighted by Gasteiger charge is -2.57. The summed E-state index contributed by atoms with van der Waals surface area (Å²) in [7, 11) is 0. The normalized spacial score (nSPS) is 47.8. The number of carbonyl (C=O) groups is 1. The molecule has 0 unspecified atom stereocenters. The highest BCUT2D eigenvalue weighted by molar-refractivity contribution is 5.69. The van der Waals surface area contributed by atoms with Gasteiger partial charge in [0.1, 0.15) is 0 Å². The molecule has 152 valence electrons. The zero-order valence-electron chi connectivity index (χ0n) is 16.3. The SMILES string of the molecule is CCOCOC(=O)C[C@@H]1CCC[C@]2(C1)OOC1(O2)C2CC3CC(C2)CC1C3. The van der Waals surface area contributed by atoms with Gasteiger partial charge in [-0.25, -0.2) is 0 Å². The first-order chi connectivity index (χ1) is 13.1. The zero-order valence-corrected chi connectivity index (χ0v) is 16.3. The minimum Gasteiger partial charge on any atom is -0.438 e. The Bertz CT molecular complexity index is 549. The molecule has 4 bridgehead atoms. The van der Waals surface area contributed by atoms with E-state index in [9.17, 15) is 4.79 Å². The molecule has 0 aromatic carbocycles. The molecule has 6 rings (SSSR count). The molecule has 27 heavy (non-hydrogen) atoms. The minimum atomic E-state index is -0.668. The quantitative estimate of drug-likeness (QED) is 0.312. The molecule has 1 heterocycles. The van der Waals surface area contributed by atoms with Gasteiger partial charge in [-0.1, -0.05) is 0 Å². The van der Waals surface area contributed by atoms with Crippen LogP contribution in [0, 0.1) is 29.6 Å². The van der Waals surface area contributed by atoms with Crippen molar-refractivity contribution >= 4 is 5.97 Å². The predicted octanol–water partition coefficient (Wildman–Crippen LogP) is 3.93. The Morgan fingerprint density at radius 1 is 1.07 bits per heavy atom. The molecule has 5 saturated carbocycles. The molecule has 1 saturated heterocycles. The van der Waals surface area contributed by atoms with Gasteiger partial charge < -0.3 is 14.2 Å². The number of esters is 1. The van der Waals surface area contributed by atoms with Crippen LogP contribution >= 0.6 is 0 Å². The van der Waals surface area contributed by atoms with Gasteiger partial charge in [0.25, 0.3) is 0 Å². The van der Waals surface area contributed by atoms with Crippen molar-refractivity contribution in [3.05, 3.63) is 0 Å². The van der Waals surface area contributed by atoms with Gasteiger partial charge in [-0.05, 0) is 69.6 Å². The molecular weight excluding hydrogens is 348 g/mol. The summed E-state index contributed by atoms with van der Waals surface area (Å²) in [6, 6.07) is 0. The summed E-state index contributed by atoms with van der Waals surface area (Å²) in [5, 5.41) is 0. The van der Waals surface area contributed by atoms with Crippen LogP contribution in [-0.4, -0.2) is 30.9 Å². The summed E-state index contributed by atoms with van der Waals surface area (Å²) in [5.74, 6) is 1.50. The van der Waals surface area contributed by atoms with E-state index in [-0.39, 0.29) is 18.7 Å². The Morgan fingerprint density at radius 2 is 1.81 bits per heavy atom. The molecule has 5 aliphatic carbocycles. The maximum atomic E-state index is 12.1. The second-order valence-electron chi connectivity index (χ2n) is 9.50. The molecule has 6 heteroatoms. The first kappa shape index (κ1) is 18.3. The molecule has 6 nitrogen and oxygen atoms in total. The molecule has 0 radical (unpaired) electrons. The van der Waals surface area contributed by atoms with Gasteiger partial charge in [0.2, 0.25) is 11.6 Å². The van der Waals surface area contributed by atoms with Crippen LogP contribution in [-0.2, 0) is 28.8 Å². The van der Waals surface area contributed by atoms with Gasteiger partial charge in [-0.3, -0.25) is 4.79 Å². The van der Waals surface area contributed by atoms with Crippen LogP contribution in [0.4, 0.5) is 0 Å². The topological polar surface area (TPSA) is 63.2 Å². The fourth-order valence-corrected chi connectivity index (χ4v) is 6.74. The Balaban J connectivity index is 1.23. The molecule has 0 aromatic heterocycles. The second-order valence-corrected chi connectivity index (χ2v) is 9.50. The summed E-state index contributed by atoms with van der Waals surface area (Å²) in [5.41, 5.74) is 0. The van der Waals surface area contributed by atoms with E-state index in [1.54, 1.807) is 0 Å².